The lowest BCUT2D eigenvalue weighted by atomic mass is 9.76. The van der Waals surface area contributed by atoms with E-state index in [1.807, 2.05) is 97.1 Å². The van der Waals surface area contributed by atoms with Crippen LogP contribution >= 0.6 is 0 Å². The minimum Gasteiger partial charge on any atom is -0.496 e. The van der Waals surface area contributed by atoms with E-state index < -0.39 is 5.41 Å². The minimum absolute atomic E-state index is 0.501. The molecule has 6 aromatic carbocycles. The van der Waals surface area contributed by atoms with E-state index in [0.717, 1.165) is 67.0 Å². The summed E-state index contributed by atoms with van der Waals surface area (Å²) in [6, 6.07) is 44.4. The van der Waals surface area contributed by atoms with E-state index >= 15 is 0 Å². The number of benzene rings is 6. The summed E-state index contributed by atoms with van der Waals surface area (Å²) < 4.78 is 23.8. The van der Waals surface area contributed by atoms with Gasteiger partial charge < -0.3 is 18.9 Å². The summed E-state index contributed by atoms with van der Waals surface area (Å²) in [5.41, 5.74) is 10.3. The number of methoxy groups -OCH3 is 4. The van der Waals surface area contributed by atoms with Gasteiger partial charge in [-0.25, -0.2) is 9.98 Å². The third kappa shape index (κ3) is 8.48. The quantitative estimate of drug-likeness (QED) is 0.118. The van der Waals surface area contributed by atoms with Crippen LogP contribution in [0.25, 0.3) is 11.1 Å². The van der Waals surface area contributed by atoms with Crippen molar-refractivity contribution in [3.05, 3.63) is 178 Å². The zero-order chi connectivity index (χ0) is 39.0. The van der Waals surface area contributed by atoms with Gasteiger partial charge >= 0.3 is 0 Å². The molecule has 6 rings (SSSR count). The van der Waals surface area contributed by atoms with Gasteiger partial charge in [0.05, 0.1) is 51.0 Å². The highest BCUT2D eigenvalue weighted by molar-refractivity contribution is 6.03. The monoisotopic (exact) mass is 726 g/mol. The maximum atomic E-state index is 6.01. The predicted octanol–water partition coefficient (Wildman–Crippen LogP) is 11.5. The maximum Gasteiger partial charge on any atom is 0.127 e. The average molecular weight is 727 g/mol. The van der Waals surface area contributed by atoms with Gasteiger partial charge in [-0.05, 0) is 110 Å². The minimum atomic E-state index is -0.501. The molecule has 6 nitrogen and oxygen atoms in total. The number of ether oxygens (including phenoxy) is 4. The van der Waals surface area contributed by atoms with Crippen molar-refractivity contribution in [3.63, 3.8) is 0 Å². The van der Waals surface area contributed by atoms with Crippen LogP contribution < -0.4 is 18.9 Å². The second-order valence-corrected chi connectivity index (χ2v) is 13.7. The van der Waals surface area contributed by atoms with Gasteiger partial charge in [-0.15, -0.1) is 0 Å². The van der Waals surface area contributed by atoms with Gasteiger partial charge in [0.15, 0.2) is 0 Å². The first kappa shape index (κ1) is 38.2. The fraction of sp³-hybridized carbons (Fsp3) is 0.184. The molecule has 0 aliphatic rings. The van der Waals surface area contributed by atoms with Crippen LogP contribution in [-0.2, 0) is 5.41 Å². The Bertz CT molecular complexity index is 2270. The van der Waals surface area contributed by atoms with Crippen molar-refractivity contribution in [3.8, 4) is 23.0 Å². The molecule has 276 valence electrons. The number of nitrogens with zero attached hydrogens (tertiary/aromatic N) is 2. The lowest BCUT2D eigenvalue weighted by Gasteiger charge is -2.28. The highest BCUT2D eigenvalue weighted by Gasteiger charge is 2.28. The van der Waals surface area contributed by atoms with Gasteiger partial charge in [0.2, 0.25) is 0 Å². The van der Waals surface area contributed by atoms with Crippen molar-refractivity contribution in [1.82, 2.24) is 0 Å². The van der Waals surface area contributed by atoms with Crippen LogP contribution in [-0.4, -0.2) is 40.2 Å². The molecule has 0 aromatic heterocycles. The second kappa shape index (κ2) is 17.0. The predicted molar refractivity (Wildman–Crippen MR) is 226 cm³/mol. The van der Waals surface area contributed by atoms with Gasteiger partial charge in [-0.2, -0.15) is 0 Å². The smallest absolute Gasteiger partial charge is 0.127 e. The molecule has 55 heavy (non-hydrogen) atoms. The number of para-hydroxylation sites is 2. The third-order valence-electron chi connectivity index (χ3n) is 9.74. The molecule has 0 spiro atoms. The molecule has 0 unspecified atom stereocenters. The van der Waals surface area contributed by atoms with Crippen molar-refractivity contribution >= 4 is 34.3 Å². The highest BCUT2D eigenvalue weighted by atomic mass is 16.5. The van der Waals surface area contributed by atoms with E-state index in [1.165, 1.54) is 0 Å². The molecule has 6 aromatic rings. The van der Waals surface area contributed by atoms with Gasteiger partial charge in [0, 0.05) is 27.7 Å². The number of aryl methyl sites for hydroxylation is 2. The fourth-order valence-corrected chi connectivity index (χ4v) is 6.56. The summed E-state index contributed by atoms with van der Waals surface area (Å²) in [5, 5.41) is 0. The number of hydrogen-bond acceptors (Lipinski definition) is 6. The highest BCUT2D eigenvalue weighted by Crippen LogP contribution is 2.42. The van der Waals surface area contributed by atoms with Crippen LogP contribution in [0.15, 0.2) is 143 Å². The van der Waals surface area contributed by atoms with E-state index in [1.54, 1.807) is 28.4 Å². The fourth-order valence-electron chi connectivity index (χ4n) is 6.56. The summed E-state index contributed by atoms with van der Waals surface area (Å²) in [4.78, 5) is 9.57. The van der Waals surface area contributed by atoms with Gasteiger partial charge in [-0.1, -0.05) is 85.6 Å². The Labute approximate surface area is 324 Å². The molecular formula is C49H46N2O4. The molecule has 0 radical (unpaired) electrons. The molecule has 0 aliphatic carbocycles. The van der Waals surface area contributed by atoms with E-state index in [9.17, 15) is 0 Å². The van der Waals surface area contributed by atoms with E-state index in [-0.39, 0.29) is 0 Å². The molecule has 0 atom stereocenters. The van der Waals surface area contributed by atoms with E-state index in [0.29, 0.717) is 23.0 Å². The molecular weight excluding hydrogens is 681 g/mol. The van der Waals surface area contributed by atoms with Crippen LogP contribution in [0.5, 0.6) is 23.0 Å². The van der Waals surface area contributed by atoms with Crippen molar-refractivity contribution in [2.24, 2.45) is 9.98 Å². The van der Waals surface area contributed by atoms with E-state index in [4.69, 9.17) is 28.9 Å². The lowest BCUT2D eigenvalue weighted by molar-refractivity contribution is 0.411. The van der Waals surface area contributed by atoms with Crippen molar-refractivity contribution in [2.75, 3.05) is 28.4 Å². The maximum absolute atomic E-state index is 6.01. The summed E-state index contributed by atoms with van der Waals surface area (Å²) in [7, 11) is 6.72. The van der Waals surface area contributed by atoms with Crippen LogP contribution in [0.3, 0.4) is 0 Å². The molecule has 0 saturated carbocycles. The Balaban J connectivity index is 1.56. The third-order valence-corrected chi connectivity index (χ3v) is 9.74. The number of hydrogen-bond donors (Lipinski definition) is 0. The van der Waals surface area contributed by atoms with Gasteiger partial charge in [0.1, 0.15) is 23.0 Å². The van der Waals surface area contributed by atoms with Crippen molar-refractivity contribution in [1.29, 1.82) is 0 Å². The second-order valence-electron chi connectivity index (χ2n) is 13.7. The molecule has 0 heterocycles. The summed E-state index contributed by atoms with van der Waals surface area (Å²) in [6.07, 6.45) is 0. The summed E-state index contributed by atoms with van der Waals surface area (Å²) >= 11 is 0. The van der Waals surface area contributed by atoms with Gasteiger partial charge in [0.25, 0.3) is 0 Å². The molecule has 0 saturated heterocycles. The Kier molecular flexibility index (Phi) is 11.8. The normalized spacial score (nSPS) is 10.8. The first-order valence-electron chi connectivity index (χ1n) is 18.1. The molecule has 0 bridgehead atoms. The van der Waals surface area contributed by atoms with Crippen molar-refractivity contribution < 1.29 is 18.9 Å². The summed E-state index contributed by atoms with van der Waals surface area (Å²) in [5.74, 6) is 9.60. The first-order valence-corrected chi connectivity index (χ1v) is 18.1. The Hall–Kier alpha value is -6.58. The summed E-state index contributed by atoms with van der Waals surface area (Å²) in [6.45, 7) is 8.56. The number of rotatable bonds is 12. The molecule has 0 amide bonds. The Morgan fingerprint density at radius 3 is 1.11 bits per heavy atom. The molecule has 0 fully saturated rings. The lowest BCUT2D eigenvalue weighted by Crippen LogP contribution is -2.20. The van der Waals surface area contributed by atoms with E-state index in [2.05, 4.69) is 75.8 Å². The zero-order valence-corrected chi connectivity index (χ0v) is 32.7. The zero-order valence-electron chi connectivity index (χ0n) is 32.7. The topological polar surface area (TPSA) is 61.6 Å². The van der Waals surface area contributed by atoms with Crippen LogP contribution in [0.2, 0.25) is 0 Å². The average Bonchev–Trinajstić information content (AvgIpc) is 3.21. The molecule has 6 heteroatoms. The van der Waals surface area contributed by atoms with Crippen LogP contribution in [0, 0.1) is 13.8 Å². The van der Waals surface area contributed by atoms with Gasteiger partial charge in [-0.3, -0.25) is 0 Å². The Morgan fingerprint density at radius 2 is 0.764 bits per heavy atom. The molecule has 0 N–H and O–H groups in total. The molecule has 0 aliphatic heterocycles. The first-order chi connectivity index (χ1) is 26.7. The van der Waals surface area contributed by atoms with Crippen LogP contribution in [0.4, 0.5) is 11.4 Å². The number of aliphatic imine (C=N–C) groups is 2. The Morgan fingerprint density at radius 1 is 0.436 bits per heavy atom. The SMILES string of the molecule is COc1ccc(C)cc1C(=C=Nc1ccccc1)c1cc(C(C)(C)c2ccc(OC)c(C(=C=Nc3ccccc3)c3cc(C)ccc3OC)c2)ccc1OC. The standard InChI is InChI=1S/C49H46N2O4/c1-33-19-23-45(52-5)39(27-33)43(31-50-37-15-11-9-12-16-37)41-29-35(21-25-47(41)54-7)49(3,4)36-22-26-48(55-8)42(30-36)44(32-51-38-17-13-10-14-18-38)40-28-34(2)20-24-46(40)53-6/h9-30H,1-8H3. The largest absolute Gasteiger partial charge is 0.496 e. The van der Waals surface area contributed by atoms with Crippen molar-refractivity contribution in [2.45, 2.75) is 33.1 Å². The van der Waals surface area contributed by atoms with Crippen LogP contribution in [0.1, 0.15) is 58.4 Å².